The molecule has 0 bridgehead atoms. The molecule has 0 spiro atoms. The lowest BCUT2D eigenvalue weighted by Gasteiger charge is -2.11. The van der Waals surface area contributed by atoms with Crippen LogP contribution in [0.5, 0.6) is 5.75 Å². The Hall–Kier alpha value is -3.88. The summed E-state index contributed by atoms with van der Waals surface area (Å²) in [7, 11) is 0. The summed E-state index contributed by atoms with van der Waals surface area (Å²) in [5, 5.41) is 1.43. The molecular weight excluding hydrogens is 434 g/mol. The van der Waals surface area contributed by atoms with E-state index in [2.05, 4.69) is 49.0 Å². The number of nitrogens with zero attached hydrogens (tertiary/aromatic N) is 3. The van der Waals surface area contributed by atoms with Crippen molar-refractivity contribution in [3.8, 4) is 41.1 Å². The van der Waals surface area contributed by atoms with Crippen LogP contribution in [0.2, 0.25) is 5.02 Å². The van der Waals surface area contributed by atoms with E-state index >= 15 is 0 Å². The summed E-state index contributed by atoms with van der Waals surface area (Å²) in [6, 6.07) is 19.3. The van der Waals surface area contributed by atoms with Crippen molar-refractivity contribution in [1.82, 2.24) is 15.0 Å². The van der Waals surface area contributed by atoms with Gasteiger partial charge >= 0.3 is 0 Å². The zero-order valence-corrected chi connectivity index (χ0v) is 18.9. The zero-order valence-electron chi connectivity index (χ0n) is 18.2. The van der Waals surface area contributed by atoms with Crippen LogP contribution in [0.4, 0.5) is 0 Å². The molecule has 6 heteroatoms. The Kier molecular flexibility index (Phi) is 5.45. The van der Waals surface area contributed by atoms with Gasteiger partial charge in [-0.25, -0.2) is 15.0 Å². The van der Waals surface area contributed by atoms with Gasteiger partial charge in [-0.15, -0.1) is 6.42 Å². The van der Waals surface area contributed by atoms with Crippen LogP contribution in [0.1, 0.15) is 25.3 Å². The molecule has 2 heterocycles. The highest BCUT2D eigenvalue weighted by molar-refractivity contribution is 6.31. The number of benzene rings is 3. The van der Waals surface area contributed by atoms with Gasteiger partial charge in [0.2, 0.25) is 5.82 Å². The van der Waals surface area contributed by atoms with E-state index in [9.17, 15) is 0 Å². The molecule has 2 aromatic heterocycles. The van der Waals surface area contributed by atoms with Gasteiger partial charge < -0.3 is 9.15 Å². The van der Waals surface area contributed by atoms with Crippen LogP contribution in [0.25, 0.3) is 45.0 Å². The number of ether oxygens (including phenoxy) is 1. The minimum atomic E-state index is 0.189. The third-order valence-corrected chi connectivity index (χ3v) is 5.62. The molecule has 0 unspecified atom stereocenters. The molecule has 0 atom stereocenters. The Morgan fingerprint density at radius 2 is 1.76 bits per heavy atom. The molecule has 5 nitrogen and oxygen atoms in total. The van der Waals surface area contributed by atoms with Crippen molar-refractivity contribution in [2.75, 3.05) is 6.61 Å². The van der Waals surface area contributed by atoms with Crippen LogP contribution in [-0.2, 0) is 0 Å². The number of hydrogen-bond acceptors (Lipinski definition) is 5. The van der Waals surface area contributed by atoms with E-state index in [0.29, 0.717) is 39.5 Å². The van der Waals surface area contributed by atoms with Crippen molar-refractivity contribution in [3.63, 3.8) is 0 Å². The Morgan fingerprint density at radius 1 is 0.970 bits per heavy atom. The predicted molar refractivity (Wildman–Crippen MR) is 131 cm³/mol. The molecule has 0 N–H and O–H groups in total. The fourth-order valence-corrected chi connectivity index (χ4v) is 3.82. The van der Waals surface area contributed by atoms with Gasteiger partial charge in [0.1, 0.15) is 17.9 Å². The van der Waals surface area contributed by atoms with E-state index < -0.39 is 0 Å². The summed E-state index contributed by atoms with van der Waals surface area (Å²) in [5.41, 5.74) is 5.00. The van der Waals surface area contributed by atoms with Crippen molar-refractivity contribution < 1.29 is 9.15 Å². The van der Waals surface area contributed by atoms with E-state index in [-0.39, 0.29) is 6.61 Å². The Labute approximate surface area is 196 Å². The van der Waals surface area contributed by atoms with Crippen LogP contribution in [0.3, 0.4) is 0 Å². The lowest BCUT2D eigenvalue weighted by Crippen LogP contribution is -1.98. The molecule has 3 aromatic carbocycles. The SMILES string of the molecule is C#CCOc1ccc2nc(-c3nc4ccc(Cl)cc4o3)nc(-c3ccc(C(C)C)cc3)c2c1. The van der Waals surface area contributed by atoms with Crippen LogP contribution in [0, 0.1) is 12.3 Å². The third-order valence-electron chi connectivity index (χ3n) is 5.38. The molecule has 162 valence electrons. The van der Waals surface area contributed by atoms with Gasteiger partial charge in [0.15, 0.2) is 5.58 Å². The Balaban J connectivity index is 1.70. The summed E-state index contributed by atoms with van der Waals surface area (Å²) in [6.45, 7) is 4.53. The lowest BCUT2D eigenvalue weighted by atomic mass is 9.99. The second kappa shape index (κ2) is 8.57. The largest absolute Gasteiger partial charge is 0.481 e. The molecule has 0 saturated heterocycles. The first-order valence-electron chi connectivity index (χ1n) is 10.6. The minimum Gasteiger partial charge on any atom is -0.481 e. The van der Waals surface area contributed by atoms with Crippen molar-refractivity contribution >= 4 is 33.6 Å². The smallest absolute Gasteiger partial charge is 0.266 e. The standard InChI is InChI=1S/C27H20ClN3O2/c1-4-13-32-20-10-12-22-21(15-20)25(18-7-5-17(6-8-18)16(2)3)31-26(29-22)27-30-23-11-9-19(28)14-24(23)33-27/h1,5-12,14-16H,13H2,2-3H3. The topological polar surface area (TPSA) is 61.0 Å². The first-order valence-corrected chi connectivity index (χ1v) is 10.9. The number of aromatic nitrogens is 3. The van der Waals surface area contributed by atoms with E-state index in [1.807, 2.05) is 24.3 Å². The molecule has 0 fully saturated rings. The maximum absolute atomic E-state index is 6.10. The molecule has 0 aliphatic heterocycles. The summed E-state index contributed by atoms with van der Waals surface area (Å²) in [5.74, 6) is 4.32. The van der Waals surface area contributed by atoms with Crippen LogP contribution in [0.15, 0.2) is 65.1 Å². The normalized spacial score (nSPS) is 11.2. The zero-order chi connectivity index (χ0) is 22.9. The van der Waals surface area contributed by atoms with Gasteiger partial charge in [-0.3, -0.25) is 0 Å². The van der Waals surface area contributed by atoms with Crippen LogP contribution in [-0.4, -0.2) is 21.6 Å². The summed E-state index contributed by atoms with van der Waals surface area (Å²) >= 11 is 6.10. The number of halogens is 1. The van der Waals surface area contributed by atoms with Crippen molar-refractivity contribution in [2.24, 2.45) is 0 Å². The number of rotatable bonds is 5. The number of fused-ring (bicyclic) bond motifs is 2. The van der Waals surface area contributed by atoms with Gasteiger partial charge in [0.05, 0.1) is 11.2 Å². The van der Waals surface area contributed by atoms with E-state index in [1.54, 1.807) is 12.1 Å². The van der Waals surface area contributed by atoms with Gasteiger partial charge in [-0.1, -0.05) is 55.6 Å². The molecule has 0 saturated carbocycles. The summed E-state index contributed by atoms with van der Waals surface area (Å²) in [4.78, 5) is 14.1. The lowest BCUT2D eigenvalue weighted by molar-refractivity contribution is 0.371. The molecule has 5 rings (SSSR count). The highest BCUT2D eigenvalue weighted by Crippen LogP contribution is 2.33. The third kappa shape index (κ3) is 4.13. The highest BCUT2D eigenvalue weighted by Gasteiger charge is 2.17. The van der Waals surface area contributed by atoms with Crippen LogP contribution >= 0.6 is 11.6 Å². The molecule has 33 heavy (non-hydrogen) atoms. The van der Waals surface area contributed by atoms with Gasteiger partial charge in [0.25, 0.3) is 5.89 Å². The summed E-state index contributed by atoms with van der Waals surface area (Å²) in [6.07, 6.45) is 5.35. The maximum atomic E-state index is 6.10. The Bertz CT molecular complexity index is 1520. The number of oxazole rings is 1. The first kappa shape index (κ1) is 21.0. The number of terminal acetylenes is 1. The minimum absolute atomic E-state index is 0.189. The molecule has 0 amide bonds. The van der Waals surface area contributed by atoms with Gasteiger partial charge in [0, 0.05) is 22.0 Å². The fraction of sp³-hybridized carbons (Fsp3) is 0.148. The molecular formula is C27H20ClN3O2. The second-order valence-electron chi connectivity index (χ2n) is 7.98. The van der Waals surface area contributed by atoms with E-state index in [1.165, 1.54) is 5.56 Å². The van der Waals surface area contributed by atoms with Crippen molar-refractivity contribution in [2.45, 2.75) is 19.8 Å². The fourth-order valence-electron chi connectivity index (χ4n) is 3.66. The average molecular weight is 454 g/mol. The van der Waals surface area contributed by atoms with Crippen LogP contribution < -0.4 is 4.74 Å². The van der Waals surface area contributed by atoms with E-state index in [0.717, 1.165) is 22.2 Å². The quantitative estimate of drug-likeness (QED) is 0.271. The van der Waals surface area contributed by atoms with Gasteiger partial charge in [-0.2, -0.15) is 0 Å². The molecule has 0 radical (unpaired) electrons. The van der Waals surface area contributed by atoms with E-state index in [4.69, 9.17) is 37.1 Å². The van der Waals surface area contributed by atoms with Crippen molar-refractivity contribution in [3.05, 3.63) is 71.2 Å². The predicted octanol–water partition coefficient (Wildman–Crippen LogP) is 6.89. The average Bonchev–Trinajstić information content (AvgIpc) is 3.25. The second-order valence-corrected chi connectivity index (χ2v) is 8.41. The highest BCUT2D eigenvalue weighted by atomic mass is 35.5. The Morgan fingerprint density at radius 3 is 2.52 bits per heavy atom. The monoisotopic (exact) mass is 453 g/mol. The maximum Gasteiger partial charge on any atom is 0.266 e. The molecule has 5 aromatic rings. The molecule has 0 aliphatic rings. The molecule has 0 aliphatic carbocycles. The first-order chi connectivity index (χ1) is 16.0. The van der Waals surface area contributed by atoms with Crippen molar-refractivity contribution in [1.29, 1.82) is 0 Å². The summed E-state index contributed by atoms with van der Waals surface area (Å²) < 4.78 is 11.6. The number of hydrogen-bond donors (Lipinski definition) is 0. The van der Waals surface area contributed by atoms with Gasteiger partial charge in [-0.05, 0) is 41.8 Å².